The second-order valence-electron chi connectivity index (χ2n) is 10.8. The molecule has 2 amide bonds. The van der Waals surface area contributed by atoms with E-state index in [0.29, 0.717) is 36.4 Å². The van der Waals surface area contributed by atoms with E-state index in [1.54, 1.807) is 0 Å². The zero-order chi connectivity index (χ0) is 32.6. The SMILES string of the molecule is COc1cc([C@@H](O)[C@@H]2C(=O)NCCc3ccc(cc3)Oc3ccc(cc3)CCNC(=O)/C=C/c3cc(OC)c(O)c2c3)ccc1O. The number of hydrogen-bond acceptors (Lipinski definition) is 8. The number of aliphatic hydroxyl groups excluding tert-OH is 1. The standard InChI is InChI=1S/C36H36N2O8/c1-44-30-21-25(8-13-29(30)39)34(41)33-28-19-24(20-31(45-2)35(28)42)7-14-32(40)37-17-15-22-3-9-26(10-4-22)46-27-11-5-23(6-12-27)16-18-38-36(33)43/h3-14,19-21,33-34,39,41-42H,15-18H2,1-2H3,(H,37,40)(H,38,43)/b14-7+/t33-,34-/m1/s1. The molecule has 7 rings (SSSR count). The number of ether oxygens (including phenoxy) is 3. The van der Waals surface area contributed by atoms with Gasteiger partial charge in [-0.3, -0.25) is 9.59 Å². The molecular formula is C36H36N2O8. The Hall–Kier alpha value is -5.48. The lowest BCUT2D eigenvalue weighted by molar-refractivity contribution is -0.125. The number of benzene rings is 4. The summed E-state index contributed by atoms with van der Waals surface area (Å²) in [6, 6.07) is 22.5. The van der Waals surface area contributed by atoms with Crippen molar-refractivity contribution in [3.05, 3.63) is 113 Å². The van der Waals surface area contributed by atoms with Crippen LogP contribution in [0.25, 0.3) is 6.08 Å². The Bertz CT molecular complexity index is 1720. The number of methoxy groups -OCH3 is 2. The van der Waals surface area contributed by atoms with Gasteiger partial charge in [0.2, 0.25) is 11.8 Å². The zero-order valence-electron chi connectivity index (χ0n) is 25.5. The van der Waals surface area contributed by atoms with Gasteiger partial charge in [0.25, 0.3) is 0 Å². The van der Waals surface area contributed by atoms with Crippen molar-refractivity contribution in [3.63, 3.8) is 0 Å². The molecule has 0 saturated carbocycles. The van der Waals surface area contributed by atoms with Crippen LogP contribution in [0.4, 0.5) is 0 Å². The summed E-state index contributed by atoms with van der Waals surface area (Å²) in [6.07, 6.45) is 2.53. The van der Waals surface area contributed by atoms with Gasteiger partial charge < -0.3 is 40.2 Å². The lowest BCUT2D eigenvalue weighted by atomic mass is 9.86. The predicted octanol–water partition coefficient (Wildman–Crippen LogP) is 4.77. The first-order valence-electron chi connectivity index (χ1n) is 14.8. The maximum atomic E-state index is 13.8. The van der Waals surface area contributed by atoms with Crippen LogP contribution in [-0.2, 0) is 22.4 Å². The van der Waals surface area contributed by atoms with Crippen LogP contribution in [-0.4, -0.2) is 54.4 Å². The number of aromatic hydroxyl groups is 2. The molecular weight excluding hydrogens is 588 g/mol. The molecule has 10 nitrogen and oxygen atoms in total. The summed E-state index contributed by atoms with van der Waals surface area (Å²) in [7, 11) is 2.75. The number of carbonyl (C=O) groups is 2. The van der Waals surface area contributed by atoms with Crippen LogP contribution in [0.2, 0.25) is 0 Å². The lowest BCUT2D eigenvalue weighted by Gasteiger charge is -2.25. The Morgan fingerprint density at radius 2 is 1.37 bits per heavy atom. The largest absolute Gasteiger partial charge is 0.504 e. The molecule has 4 aromatic rings. The minimum Gasteiger partial charge on any atom is -0.504 e. The van der Waals surface area contributed by atoms with Crippen LogP contribution in [0.1, 0.15) is 39.8 Å². The Labute approximate surface area is 266 Å². The van der Waals surface area contributed by atoms with Gasteiger partial charge in [0, 0.05) is 24.7 Å². The third-order valence-corrected chi connectivity index (χ3v) is 7.76. The minimum absolute atomic E-state index is 0.0575. The smallest absolute Gasteiger partial charge is 0.244 e. The maximum absolute atomic E-state index is 13.8. The van der Waals surface area contributed by atoms with Gasteiger partial charge in [-0.1, -0.05) is 30.3 Å². The average molecular weight is 625 g/mol. The van der Waals surface area contributed by atoms with Gasteiger partial charge in [-0.15, -0.1) is 0 Å². The average Bonchev–Trinajstić information content (AvgIpc) is 3.06. The Morgan fingerprint density at radius 1 is 0.761 bits per heavy atom. The molecule has 0 fully saturated rings. The second-order valence-corrected chi connectivity index (χ2v) is 10.8. The van der Waals surface area contributed by atoms with Gasteiger partial charge in [0.15, 0.2) is 23.0 Å². The maximum Gasteiger partial charge on any atom is 0.244 e. The first-order chi connectivity index (χ1) is 22.2. The molecule has 3 heterocycles. The normalized spacial score (nSPS) is 16.9. The number of nitrogens with one attached hydrogen (secondary N) is 2. The molecule has 5 N–H and O–H groups in total. The fourth-order valence-electron chi connectivity index (χ4n) is 5.25. The molecule has 4 aromatic carbocycles. The summed E-state index contributed by atoms with van der Waals surface area (Å²) in [4.78, 5) is 26.5. The fourth-order valence-corrected chi connectivity index (χ4v) is 5.25. The number of amides is 2. The number of phenolic OH excluding ortho intramolecular Hbond substituents is 2. The fraction of sp³-hybridized carbons (Fsp3) is 0.222. The minimum atomic E-state index is -1.47. The van der Waals surface area contributed by atoms with E-state index in [2.05, 4.69) is 10.6 Å². The molecule has 3 aliphatic heterocycles. The molecule has 0 aliphatic carbocycles. The van der Waals surface area contributed by atoms with E-state index in [-0.39, 0.29) is 46.6 Å². The second kappa shape index (κ2) is 14.5. The summed E-state index contributed by atoms with van der Waals surface area (Å²) in [5.74, 6) is -1.15. The van der Waals surface area contributed by atoms with Gasteiger partial charge in [-0.25, -0.2) is 0 Å². The third kappa shape index (κ3) is 7.59. The van der Waals surface area contributed by atoms with E-state index >= 15 is 0 Å². The molecule has 0 spiro atoms. The molecule has 2 atom stereocenters. The van der Waals surface area contributed by atoms with E-state index in [0.717, 1.165) is 11.1 Å². The van der Waals surface area contributed by atoms with Crippen molar-refractivity contribution >= 4 is 17.9 Å². The number of phenols is 2. The van der Waals surface area contributed by atoms with Crippen LogP contribution in [0.5, 0.6) is 34.5 Å². The summed E-state index contributed by atoms with van der Waals surface area (Å²) in [6.45, 7) is 0.639. The highest BCUT2D eigenvalue weighted by Gasteiger charge is 2.34. The van der Waals surface area contributed by atoms with E-state index in [9.17, 15) is 24.9 Å². The summed E-state index contributed by atoms with van der Waals surface area (Å²) >= 11 is 0. The van der Waals surface area contributed by atoms with E-state index < -0.39 is 17.9 Å². The lowest BCUT2D eigenvalue weighted by Crippen LogP contribution is -2.34. The van der Waals surface area contributed by atoms with Crippen molar-refractivity contribution in [1.82, 2.24) is 10.6 Å². The van der Waals surface area contributed by atoms with Crippen LogP contribution in [0.3, 0.4) is 0 Å². The predicted molar refractivity (Wildman–Crippen MR) is 172 cm³/mol. The van der Waals surface area contributed by atoms with E-state index in [4.69, 9.17) is 14.2 Å². The topological polar surface area (TPSA) is 147 Å². The van der Waals surface area contributed by atoms with Crippen molar-refractivity contribution < 1.29 is 39.1 Å². The molecule has 238 valence electrons. The Kier molecular flexibility index (Phi) is 10.1. The zero-order valence-corrected chi connectivity index (χ0v) is 25.5. The van der Waals surface area contributed by atoms with Crippen LogP contribution in [0.15, 0.2) is 84.9 Å². The number of rotatable bonds is 4. The summed E-state index contributed by atoms with van der Waals surface area (Å²) in [5, 5.41) is 38.7. The van der Waals surface area contributed by atoms with Gasteiger partial charge in [-0.2, -0.15) is 0 Å². The van der Waals surface area contributed by atoms with E-state index in [1.807, 2.05) is 48.5 Å². The van der Waals surface area contributed by atoms with E-state index in [1.165, 1.54) is 56.7 Å². The molecule has 46 heavy (non-hydrogen) atoms. The van der Waals surface area contributed by atoms with Gasteiger partial charge in [0.05, 0.1) is 26.2 Å². The highest BCUT2D eigenvalue weighted by molar-refractivity contribution is 5.92. The van der Waals surface area contributed by atoms with Crippen molar-refractivity contribution in [2.24, 2.45) is 0 Å². The summed E-state index contributed by atoms with van der Waals surface area (Å²) in [5.41, 5.74) is 2.80. The van der Waals surface area contributed by atoms with Crippen molar-refractivity contribution in [2.75, 3.05) is 27.3 Å². The number of carbonyl (C=O) groups excluding carboxylic acids is 2. The molecule has 10 heteroatoms. The van der Waals surface area contributed by atoms with Crippen molar-refractivity contribution in [3.8, 4) is 34.5 Å². The molecule has 0 saturated heterocycles. The molecule has 6 bridgehead atoms. The van der Waals surface area contributed by atoms with Crippen molar-refractivity contribution in [1.29, 1.82) is 0 Å². The molecule has 0 aromatic heterocycles. The number of hydrogen-bond donors (Lipinski definition) is 5. The van der Waals surface area contributed by atoms with Crippen LogP contribution in [0, 0.1) is 0 Å². The highest BCUT2D eigenvalue weighted by atomic mass is 16.5. The first-order valence-corrected chi connectivity index (χ1v) is 14.8. The Morgan fingerprint density at radius 3 is 1.98 bits per heavy atom. The monoisotopic (exact) mass is 624 g/mol. The number of aliphatic hydroxyl groups is 1. The third-order valence-electron chi connectivity index (χ3n) is 7.76. The quantitative estimate of drug-likeness (QED) is 0.218. The van der Waals surface area contributed by atoms with Gasteiger partial charge in [-0.05, 0) is 89.7 Å². The molecule has 0 unspecified atom stereocenters. The summed E-state index contributed by atoms with van der Waals surface area (Å²) < 4.78 is 16.6. The Balaban J connectivity index is 1.52. The number of fused-ring (bicyclic) bond motifs is 2. The molecule has 3 aliphatic rings. The highest BCUT2D eigenvalue weighted by Crippen LogP contribution is 2.43. The van der Waals surface area contributed by atoms with Gasteiger partial charge in [0.1, 0.15) is 11.5 Å². The molecule has 0 radical (unpaired) electrons. The van der Waals surface area contributed by atoms with Crippen LogP contribution < -0.4 is 24.8 Å². The first kappa shape index (κ1) is 31.9. The van der Waals surface area contributed by atoms with Crippen LogP contribution >= 0.6 is 0 Å². The van der Waals surface area contributed by atoms with Gasteiger partial charge >= 0.3 is 0 Å². The van der Waals surface area contributed by atoms with Crippen molar-refractivity contribution in [2.45, 2.75) is 24.9 Å².